The first-order valence-corrected chi connectivity index (χ1v) is 5.90. The Morgan fingerprint density at radius 3 is 2.24 bits per heavy atom. The summed E-state index contributed by atoms with van der Waals surface area (Å²) in [4.78, 5) is 16.6. The van der Waals surface area contributed by atoms with Crippen molar-refractivity contribution in [3.05, 3.63) is 0 Å². The second-order valence-electron chi connectivity index (χ2n) is 4.88. The van der Waals surface area contributed by atoms with Crippen molar-refractivity contribution >= 4 is 17.8 Å². The van der Waals surface area contributed by atoms with Crippen LogP contribution in [0.3, 0.4) is 0 Å². The lowest BCUT2D eigenvalue weighted by atomic mass is 10.2. The van der Waals surface area contributed by atoms with Gasteiger partial charge in [-0.15, -0.1) is 0 Å². The highest BCUT2D eigenvalue weighted by molar-refractivity contribution is 5.43. The molecule has 1 aromatic rings. The van der Waals surface area contributed by atoms with Gasteiger partial charge < -0.3 is 15.5 Å². The van der Waals surface area contributed by atoms with E-state index in [4.69, 9.17) is 5.73 Å². The Kier molecular flexibility index (Phi) is 3.04. The molecular formula is C11H20N6. The topological polar surface area (TPSA) is 71.2 Å². The van der Waals surface area contributed by atoms with Gasteiger partial charge in [-0.2, -0.15) is 15.0 Å². The zero-order chi connectivity index (χ0) is 12.6. The molecule has 6 nitrogen and oxygen atoms in total. The summed E-state index contributed by atoms with van der Waals surface area (Å²) in [6.07, 6.45) is 2.60. The zero-order valence-electron chi connectivity index (χ0n) is 10.9. The van der Waals surface area contributed by atoms with E-state index in [0.717, 1.165) is 5.92 Å². The third-order valence-electron chi connectivity index (χ3n) is 3.26. The van der Waals surface area contributed by atoms with Gasteiger partial charge in [0.05, 0.1) is 0 Å². The molecule has 1 saturated carbocycles. The second kappa shape index (κ2) is 4.35. The van der Waals surface area contributed by atoms with Gasteiger partial charge in [-0.1, -0.05) is 0 Å². The summed E-state index contributed by atoms with van der Waals surface area (Å²) in [6.45, 7) is 2.20. The Balaban J connectivity index is 2.24. The van der Waals surface area contributed by atoms with Crippen LogP contribution in [0.15, 0.2) is 0 Å². The first-order chi connectivity index (χ1) is 7.99. The fourth-order valence-corrected chi connectivity index (χ4v) is 1.80. The highest BCUT2D eigenvalue weighted by Gasteiger charge is 2.31. The Labute approximate surface area is 102 Å². The van der Waals surface area contributed by atoms with Crippen molar-refractivity contribution in [2.75, 3.05) is 36.7 Å². The molecule has 1 unspecified atom stereocenters. The molecule has 6 heteroatoms. The van der Waals surface area contributed by atoms with E-state index in [0.29, 0.717) is 17.9 Å². The molecule has 1 aliphatic carbocycles. The van der Waals surface area contributed by atoms with Crippen molar-refractivity contribution < 1.29 is 0 Å². The summed E-state index contributed by atoms with van der Waals surface area (Å²) in [5.74, 6) is 2.29. The van der Waals surface area contributed by atoms with Crippen LogP contribution in [-0.2, 0) is 0 Å². The number of hydrogen-bond donors (Lipinski definition) is 1. The molecule has 0 aromatic carbocycles. The molecule has 94 valence electrons. The van der Waals surface area contributed by atoms with Crippen LogP contribution in [-0.4, -0.2) is 42.1 Å². The highest BCUT2D eigenvalue weighted by atomic mass is 15.3. The predicted octanol–water partition coefficient (Wildman–Crippen LogP) is 0.754. The average Bonchev–Trinajstić information content (AvgIpc) is 3.10. The van der Waals surface area contributed by atoms with E-state index in [1.807, 2.05) is 26.0 Å². The number of hydrogen-bond acceptors (Lipinski definition) is 6. The summed E-state index contributed by atoms with van der Waals surface area (Å²) in [5, 5.41) is 0. The van der Waals surface area contributed by atoms with Gasteiger partial charge in [-0.3, -0.25) is 0 Å². The first kappa shape index (κ1) is 11.9. The van der Waals surface area contributed by atoms with Crippen LogP contribution in [0.4, 0.5) is 17.8 Å². The van der Waals surface area contributed by atoms with Gasteiger partial charge in [-0.05, 0) is 25.7 Å². The van der Waals surface area contributed by atoms with Gasteiger partial charge in [0.1, 0.15) is 0 Å². The summed E-state index contributed by atoms with van der Waals surface area (Å²) >= 11 is 0. The summed E-state index contributed by atoms with van der Waals surface area (Å²) in [5.41, 5.74) is 5.71. The SMILES string of the molecule is CC(C1CC1)N(C)c1nc(N)nc(N(C)C)n1. The van der Waals surface area contributed by atoms with Crippen molar-refractivity contribution in [2.45, 2.75) is 25.8 Å². The molecule has 0 saturated heterocycles. The van der Waals surface area contributed by atoms with Gasteiger partial charge in [0, 0.05) is 27.2 Å². The van der Waals surface area contributed by atoms with E-state index in [1.54, 1.807) is 0 Å². The van der Waals surface area contributed by atoms with Gasteiger partial charge in [0.2, 0.25) is 17.8 Å². The van der Waals surface area contributed by atoms with Crippen molar-refractivity contribution in [3.63, 3.8) is 0 Å². The molecule has 2 N–H and O–H groups in total. The summed E-state index contributed by atoms with van der Waals surface area (Å²) < 4.78 is 0. The molecule has 1 atom stereocenters. The fourth-order valence-electron chi connectivity index (χ4n) is 1.80. The number of aromatic nitrogens is 3. The number of rotatable bonds is 4. The van der Waals surface area contributed by atoms with Crippen LogP contribution in [0, 0.1) is 5.92 Å². The van der Waals surface area contributed by atoms with Crippen LogP contribution in [0.1, 0.15) is 19.8 Å². The van der Waals surface area contributed by atoms with E-state index in [2.05, 4.69) is 26.8 Å². The summed E-state index contributed by atoms with van der Waals surface area (Å²) in [6, 6.07) is 0.451. The molecule has 1 heterocycles. The Morgan fingerprint density at radius 1 is 1.12 bits per heavy atom. The van der Waals surface area contributed by atoms with E-state index in [1.165, 1.54) is 12.8 Å². The molecule has 17 heavy (non-hydrogen) atoms. The van der Waals surface area contributed by atoms with Gasteiger partial charge in [0.15, 0.2) is 0 Å². The third-order valence-corrected chi connectivity index (χ3v) is 3.26. The molecule has 0 amide bonds. The van der Waals surface area contributed by atoms with Gasteiger partial charge in [-0.25, -0.2) is 0 Å². The number of nitrogens with zero attached hydrogens (tertiary/aromatic N) is 5. The Morgan fingerprint density at radius 2 is 1.71 bits per heavy atom. The molecule has 1 fully saturated rings. The molecule has 0 aliphatic heterocycles. The maximum Gasteiger partial charge on any atom is 0.231 e. The number of nitrogen functional groups attached to an aromatic ring is 1. The van der Waals surface area contributed by atoms with Crippen LogP contribution in [0.5, 0.6) is 0 Å². The largest absolute Gasteiger partial charge is 0.368 e. The highest BCUT2D eigenvalue weighted by Crippen LogP contribution is 2.35. The zero-order valence-corrected chi connectivity index (χ0v) is 10.9. The van der Waals surface area contributed by atoms with Gasteiger partial charge in [0.25, 0.3) is 0 Å². The minimum atomic E-state index is 0.272. The number of nitrogens with two attached hydrogens (primary N) is 1. The van der Waals surface area contributed by atoms with Crippen molar-refractivity contribution in [1.82, 2.24) is 15.0 Å². The van der Waals surface area contributed by atoms with Gasteiger partial charge >= 0.3 is 0 Å². The molecule has 0 spiro atoms. The Hall–Kier alpha value is -1.59. The maximum atomic E-state index is 5.71. The lowest BCUT2D eigenvalue weighted by Crippen LogP contribution is -2.33. The minimum Gasteiger partial charge on any atom is -0.368 e. The Bertz CT molecular complexity index is 401. The van der Waals surface area contributed by atoms with E-state index in [-0.39, 0.29) is 5.95 Å². The lowest BCUT2D eigenvalue weighted by Gasteiger charge is -2.25. The molecule has 1 aromatic heterocycles. The predicted molar refractivity (Wildman–Crippen MR) is 69.2 cm³/mol. The third kappa shape index (κ3) is 2.57. The molecule has 1 aliphatic rings. The minimum absolute atomic E-state index is 0.272. The van der Waals surface area contributed by atoms with Crippen LogP contribution in [0.2, 0.25) is 0 Å². The van der Waals surface area contributed by atoms with Crippen molar-refractivity contribution in [2.24, 2.45) is 5.92 Å². The second-order valence-corrected chi connectivity index (χ2v) is 4.88. The summed E-state index contributed by atoms with van der Waals surface area (Å²) in [7, 11) is 5.79. The smallest absolute Gasteiger partial charge is 0.231 e. The van der Waals surface area contributed by atoms with E-state index in [9.17, 15) is 0 Å². The average molecular weight is 236 g/mol. The quantitative estimate of drug-likeness (QED) is 0.832. The van der Waals surface area contributed by atoms with Crippen LogP contribution in [0.25, 0.3) is 0 Å². The molecule has 2 rings (SSSR count). The normalized spacial score (nSPS) is 16.7. The van der Waals surface area contributed by atoms with E-state index >= 15 is 0 Å². The molecule has 0 radical (unpaired) electrons. The van der Waals surface area contributed by atoms with Crippen molar-refractivity contribution in [3.8, 4) is 0 Å². The standard InChI is InChI=1S/C11H20N6/c1-7(8-5-6-8)17(4)11-14-9(12)13-10(15-11)16(2)3/h7-8H,5-6H2,1-4H3,(H2,12,13,14,15). The maximum absolute atomic E-state index is 5.71. The number of anilines is 3. The first-order valence-electron chi connectivity index (χ1n) is 5.90. The fraction of sp³-hybridized carbons (Fsp3) is 0.727. The van der Waals surface area contributed by atoms with Crippen LogP contribution < -0.4 is 15.5 Å². The lowest BCUT2D eigenvalue weighted by molar-refractivity contribution is 0.596. The van der Waals surface area contributed by atoms with Crippen LogP contribution >= 0.6 is 0 Å². The molecule has 0 bridgehead atoms. The van der Waals surface area contributed by atoms with Crippen molar-refractivity contribution in [1.29, 1.82) is 0 Å². The molecular weight excluding hydrogens is 216 g/mol. The monoisotopic (exact) mass is 236 g/mol. The van der Waals surface area contributed by atoms with E-state index < -0.39 is 0 Å².